The van der Waals surface area contributed by atoms with Gasteiger partial charge in [0.05, 0.1) is 41.3 Å². The van der Waals surface area contributed by atoms with E-state index in [9.17, 15) is 9.59 Å². The van der Waals surface area contributed by atoms with Gasteiger partial charge in [-0.25, -0.2) is 4.98 Å². The Morgan fingerprint density at radius 1 is 0.867 bits per heavy atom. The number of nitrogens with zero attached hydrogens (tertiary/aromatic N) is 3. The van der Waals surface area contributed by atoms with Crippen molar-refractivity contribution in [1.29, 1.82) is 0 Å². The summed E-state index contributed by atoms with van der Waals surface area (Å²) in [5.74, 6) is 1.27. The standard InChI is InChI=1S/C37H32BrN3O4/c1-24(40(20-19-25-11-5-4-6-12-25)36(42)28-18-17-26-13-7-8-14-27(26)21-28)35-39-31-16-10-9-15-30(31)37(43)41(35)32-22-29(44-2)23-33(45-3)34(32)38/h4-18,21-24H,19-20H2,1-3H3. The Bertz CT molecular complexity index is 2080. The summed E-state index contributed by atoms with van der Waals surface area (Å²) in [6, 6.07) is 33.9. The molecule has 0 aliphatic heterocycles. The quantitative estimate of drug-likeness (QED) is 0.158. The second kappa shape index (κ2) is 13.0. The third-order valence-electron chi connectivity index (χ3n) is 8.07. The van der Waals surface area contributed by atoms with Crippen molar-refractivity contribution in [2.75, 3.05) is 20.8 Å². The van der Waals surface area contributed by atoms with Gasteiger partial charge in [0, 0.05) is 24.2 Å². The fraction of sp³-hybridized carbons (Fsp3) is 0.162. The highest BCUT2D eigenvalue weighted by molar-refractivity contribution is 9.10. The number of carbonyl (C=O) groups is 1. The van der Waals surface area contributed by atoms with Gasteiger partial charge in [0.15, 0.2) is 0 Å². The molecule has 6 rings (SSSR count). The lowest BCUT2D eigenvalue weighted by atomic mass is 10.0. The van der Waals surface area contributed by atoms with Gasteiger partial charge >= 0.3 is 0 Å². The lowest BCUT2D eigenvalue weighted by Crippen LogP contribution is -2.38. The van der Waals surface area contributed by atoms with Gasteiger partial charge in [0.1, 0.15) is 17.3 Å². The van der Waals surface area contributed by atoms with E-state index in [-0.39, 0.29) is 11.5 Å². The monoisotopic (exact) mass is 661 g/mol. The van der Waals surface area contributed by atoms with Crippen molar-refractivity contribution in [1.82, 2.24) is 14.5 Å². The number of benzene rings is 5. The zero-order valence-electron chi connectivity index (χ0n) is 25.2. The van der Waals surface area contributed by atoms with Crippen molar-refractivity contribution in [3.63, 3.8) is 0 Å². The number of aromatic nitrogens is 2. The second-order valence-electron chi connectivity index (χ2n) is 10.8. The minimum Gasteiger partial charge on any atom is -0.497 e. The van der Waals surface area contributed by atoms with Crippen LogP contribution in [0.5, 0.6) is 11.5 Å². The van der Waals surface area contributed by atoms with Crippen LogP contribution in [0.25, 0.3) is 27.4 Å². The largest absolute Gasteiger partial charge is 0.497 e. The predicted molar refractivity (Wildman–Crippen MR) is 182 cm³/mol. The third-order valence-corrected chi connectivity index (χ3v) is 8.87. The molecule has 0 saturated carbocycles. The molecule has 1 heterocycles. The van der Waals surface area contributed by atoms with Crippen molar-refractivity contribution < 1.29 is 14.3 Å². The number of carbonyl (C=O) groups excluding carboxylic acids is 1. The third kappa shape index (κ3) is 5.93. The first-order valence-electron chi connectivity index (χ1n) is 14.7. The van der Waals surface area contributed by atoms with E-state index in [0.717, 1.165) is 16.3 Å². The Morgan fingerprint density at radius 2 is 1.58 bits per heavy atom. The van der Waals surface area contributed by atoms with Gasteiger partial charge in [-0.15, -0.1) is 0 Å². The van der Waals surface area contributed by atoms with Crippen LogP contribution in [0.4, 0.5) is 0 Å². The summed E-state index contributed by atoms with van der Waals surface area (Å²) < 4.78 is 13.3. The van der Waals surface area contributed by atoms with Crippen molar-refractivity contribution in [2.24, 2.45) is 0 Å². The normalized spacial score (nSPS) is 11.8. The minimum atomic E-state index is -0.603. The molecule has 0 saturated heterocycles. The molecule has 0 aliphatic rings. The Labute approximate surface area is 269 Å². The van der Waals surface area contributed by atoms with E-state index in [1.54, 1.807) is 41.9 Å². The van der Waals surface area contributed by atoms with Crippen molar-refractivity contribution in [3.8, 4) is 17.2 Å². The molecular formula is C37H32BrN3O4. The van der Waals surface area contributed by atoms with E-state index >= 15 is 0 Å². The molecule has 6 aromatic rings. The molecular weight excluding hydrogens is 630 g/mol. The van der Waals surface area contributed by atoms with Crippen LogP contribution in [0, 0.1) is 0 Å². The molecule has 7 nitrogen and oxygen atoms in total. The van der Waals surface area contributed by atoms with Crippen LogP contribution in [0.1, 0.15) is 34.7 Å². The number of halogens is 1. The van der Waals surface area contributed by atoms with Crippen LogP contribution >= 0.6 is 15.9 Å². The Morgan fingerprint density at radius 3 is 2.33 bits per heavy atom. The Kier molecular flexibility index (Phi) is 8.67. The minimum absolute atomic E-state index is 0.152. The highest BCUT2D eigenvalue weighted by atomic mass is 79.9. The highest BCUT2D eigenvalue weighted by Crippen LogP contribution is 2.37. The first-order valence-corrected chi connectivity index (χ1v) is 15.5. The summed E-state index contributed by atoms with van der Waals surface area (Å²) >= 11 is 3.66. The molecule has 0 spiro atoms. The van der Waals surface area contributed by atoms with Crippen molar-refractivity contribution in [2.45, 2.75) is 19.4 Å². The molecule has 8 heteroatoms. The van der Waals surface area contributed by atoms with Crippen LogP contribution in [-0.2, 0) is 6.42 Å². The zero-order valence-corrected chi connectivity index (χ0v) is 26.8. The molecule has 0 bridgehead atoms. The van der Waals surface area contributed by atoms with E-state index in [4.69, 9.17) is 14.5 Å². The average Bonchev–Trinajstić information content (AvgIpc) is 3.08. The molecule has 1 aromatic heterocycles. The molecule has 226 valence electrons. The first kappa shape index (κ1) is 30.1. The van der Waals surface area contributed by atoms with Crippen LogP contribution in [-0.4, -0.2) is 41.1 Å². The van der Waals surface area contributed by atoms with Gasteiger partial charge in [-0.1, -0.05) is 72.8 Å². The van der Waals surface area contributed by atoms with Crippen LogP contribution in [0.3, 0.4) is 0 Å². The summed E-state index contributed by atoms with van der Waals surface area (Å²) in [5, 5.41) is 2.49. The first-order chi connectivity index (χ1) is 21.9. The average molecular weight is 663 g/mol. The van der Waals surface area contributed by atoms with Gasteiger partial charge in [-0.05, 0) is 69.9 Å². The molecule has 1 amide bonds. The summed E-state index contributed by atoms with van der Waals surface area (Å²) in [6.45, 7) is 2.32. The summed E-state index contributed by atoms with van der Waals surface area (Å²) in [6.07, 6.45) is 0.624. The predicted octanol–water partition coefficient (Wildman–Crippen LogP) is 7.76. The number of fused-ring (bicyclic) bond motifs is 2. The van der Waals surface area contributed by atoms with E-state index < -0.39 is 6.04 Å². The number of methoxy groups -OCH3 is 2. The molecule has 0 N–H and O–H groups in total. The number of rotatable bonds is 9. The van der Waals surface area contributed by atoms with Gasteiger partial charge in [-0.3, -0.25) is 14.2 Å². The van der Waals surface area contributed by atoms with Gasteiger partial charge < -0.3 is 14.4 Å². The number of amides is 1. The van der Waals surface area contributed by atoms with Crippen LogP contribution < -0.4 is 15.0 Å². The highest BCUT2D eigenvalue weighted by Gasteiger charge is 2.29. The van der Waals surface area contributed by atoms with Gasteiger partial charge in [0.2, 0.25) is 0 Å². The zero-order chi connectivity index (χ0) is 31.5. The van der Waals surface area contributed by atoms with E-state index in [1.165, 1.54) is 0 Å². The van der Waals surface area contributed by atoms with Crippen molar-refractivity contribution >= 4 is 43.5 Å². The maximum atomic E-state index is 14.5. The topological polar surface area (TPSA) is 73.7 Å². The lowest BCUT2D eigenvalue weighted by molar-refractivity contribution is 0.0683. The fourth-order valence-electron chi connectivity index (χ4n) is 5.64. The summed E-state index contributed by atoms with van der Waals surface area (Å²) in [4.78, 5) is 35.6. The maximum absolute atomic E-state index is 14.5. The Balaban J connectivity index is 1.54. The summed E-state index contributed by atoms with van der Waals surface area (Å²) in [5.41, 5.74) is 2.45. The number of hydrogen-bond acceptors (Lipinski definition) is 5. The number of para-hydroxylation sites is 1. The molecule has 1 unspecified atom stereocenters. The van der Waals surface area contributed by atoms with E-state index in [1.807, 2.05) is 97.9 Å². The van der Waals surface area contributed by atoms with Gasteiger partial charge in [0.25, 0.3) is 11.5 Å². The SMILES string of the molecule is COc1cc(OC)c(Br)c(-n2c(C(C)N(CCc3ccccc3)C(=O)c3ccc4ccccc4c3)nc3ccccc3c2=O)c1. The molecule has 1 atom stereocenters. The molecule has 5 aromatic carbocycles. The molecule has 0 fully saturated rings. The van der Waals surface area contributed by atoms with E-state index in [0.29, 0.717) is 56.9 Å². The van der Waals surface area contributed by atoms with Crippen molar-refractivity contribution in [3.05, 3.63) is 141 Å². The summed E-state index contributed by atoms with van der Waals surface area (Å²) in [7, 11) is 3.12. The van der Waals surface area contributed by atoms with E-state index in [2.05, 4.69) is 15.9 Å². The smallest absolute Gasteiger partial charge is 0.266 e. The maximum Gasteiger partial charge on any atom is 0.266 e. The van der Waals surface area contributed by atoms with Gasteiger partial charge in [-0.2, -0.15) is 0 Å². The molecule has 0 radical (unpaired) electrons. The number of ether oxygens (including phenoxy) is 2. The molecule has 45 heavy (non-hydrogen) atoms. The Hall–Kier alpha value is -4.95. The second-order valence-corrected chi connectivity index (χ2v) is 11.6. The lowest BCUT2D eigenvalue weighted by Gasteiger charge is -2.31. The fourth-order valence-corrected chi connectivity index (χ4v) is 6.21. The molecule has 0 aliphatic carbocycles. The number of hydrogen-bond donors (Lipinski definition) is 0. The van der Waals surface area contributed by atoms with Crippen LogP contribution in [0.2, 0.25) is 0 Å². The van der Waals surface area contributed by atoms with Crippen LogP contribution in [0.15, 0.2) is 118 Å².